The van der Waals surface area contributed by atoms with Gasteiger partial charge in [0.25, 0.3) is 0 Å². The summed E-state index contributed by atoms with van der Waals surface area (Å²) in [6, 6.07) is 13.3. The molecule has 0 aliphatic carbocycles. The van der Waals surface area contributed by atoms with E-state index in [0.29, 0.717) is 18.7 Å². The first-order chi connectivity index (χ1) is 14.2. The first kappa shape index (κ1) is 22.2. The summed E-state index contributed by atoms with van der Waals surface area (Å²) in [7, 11) is 0. The molecule has 1 amide bonds. The van der Waals surface area contributed by atoms with Gasteiger partial charge in [-0.1, -0.05) is 24.3 Å². The third-order valence-electron chi connectivity index (χ3n) is 5.30. The van der Waals surface area contributed by atoms with Crippen molar-refractivity contribution in [3.05, 3.63) is 59.4 Å². The van der Waals surface area contributed by atoms with Crippen molar-refractivity contribution >= 4 is 6.09 Å². The number of rotatable bonds is 4. The van der Waals surface area contributed by atoms with Crippen molar-refractivity contribution in [1.29, 1.82) is 0 Å². The van der Waals surface area contributed by atoms with Crippen molar-refractivity contribution < 1.29 is 19.7 Å². The number of carbonyl (C=O) groups excluding carboxylic acids is 1. The highest BCUT2D eigenvalue weighted by atomic mass is 19.1. The van der Waals surface area contributed by atoms with Crippen LogP contribution in [0.25, 0.3) is 11.1 Å². The largest absolute Gasteiger partial charge is 0.444 e. The SMILES string of the molecule is C[C@H]1CN(Cc2cccc(-c3cc(C[NH3+])ccc3F)c2)CCN1C(=O)OC(C)(C)C. The van der Waals surface area contributed by atoms with Crippen LogP contribution in [-0.4, -0.2) is 47.2 Å². The zero-order chi connectivity index (χ0) is 21.9. The molecule has 6 heteroatoms. The van der Waals surface area contributed by atoms with Crippen LogP contribution in [0.2, 0.25) is 0 Å². The predicted molar refractivity (Wildman–Crippen MR) is 116 cm³/mol. The van der Waals surface area contributed by atoms with Gasteiger partial charge >= 0.3 is 6.09 Å². The Kier molecular flexibility index (Phi) is 6.78. The summed E-state index contributed by atoms with van der Waals surface area (Å²) in [5, 5.41) is 0. The molecule has 1 aliphatic rings. The molecular weight excluding hydrogens is 381 g/mol. The lowest BCUT2D eigenvalue weighted by Gasteiger charge is -2.40. The van der Waals surface area contributed by atoms with E-state index in [2.05, 4.69) is 22.8 Å². The topological polar surface area (TPSA) is 60.4 Å². The van der Waals surface area contributed by atoms with Gasteiger partial charge in [-0.15, -0.1) is 0 Å². The molecule has 162 valence electrons. The average molecular weight is 415 g/mol. The molecule has 30 heavy (non-hydrogen) atoms. The number of halogens is 1. The molecule has 1 fully saturated rings. The fourth-order valence-electron chi connectivity index (χ4n) is 3.81. The third-order valence-corrected chi connectivity index (χ3v) is 5.30. The Balaban J connectivity index is 1.67. The number of hydrogen-bond donors (Lipinski definition) is 1. The summed E-state index contributed by atoms with van der Waals surface area (Å²) in [4.78, 5) is 16.6. The Morgan fingerprint density at radius 1 is 1.17 bits per heavy atom. The molecular formula is C24H33FN3O2+. The number of quaternary nitrogens is 1. The minimum Gasteiger partial charge on any atom is -0.444 e. The van der Waals surface area contributed by atoms with Gasteiger partial charge in [0.15, 0.2) is 0 Å². The highest BCUT2D eigenvalue weighted by Crippen LogP contribution is 2.26. The van der Waals surface area contributed by atoms with Gasteiger partial charge in [-0.25, -0.2) is 9.18 Å². The van der Waals surface area contributed by atoms with Crippen LogP contribution in [0.15, 0.2) is 42.5 Å². The van der Waals surface area contributed by atoms with Crippen LogP contribution in [0.1, 0.15) is 38.8 Å². The third kappa shape index (κ3) is 5.58. The zero-order valence-corrected chi connectivity index (χ0v) is 18.5. The summed E-state index contributed by atoms with van der Waals surface area (Å²) >= 11 is 0. The molecule has 0 radical (unpaired) electrons. The molecule has 3 rings (SSSR count). The van der Waals surface area contributed by atoms with Crippen LogP contribution in [0.4, 0.5) is 9.18 Å². The molecule has 5 nitrogen and oxygen atoms in total. The fourth-order valence-corrected chi connectivity index (χ4v) is 3.81. The van der Waals surface area contributed by atoms with Crippen LogP contribution in [0.3, 0.4) is 0 Å². The number of hydrogen-bond acceptors (Lipinski definition) is 3. The normalized spacial score (nSPS) is 17.8. The summed E-state index contributed by atoms with van der Waals surface area (Å²) in [5.41, 5.74) is 7.04. The zero-order valence-electron chi connectivity index (χ0n) is 18.5. The van der Waals surface area contributed by atoms with E-state index in [9.17, 15) is 9.18 Å². The van der Waals surface area contributed by atoms with Crippen molar-refractivity contribution in [2.45, 2.75) is 52.4 Å². The fraction of sp³-hybridized carbons (Fsp3) is 0.458. The van der Waals surface area contributed by atoms with Gasteiger partial charge < -0.3 is 15.4 Å². The standard InChI is InChI=1S/C24H32FN3O2/c1-17-15-27(10-11-28(17)23(29)30-24(2,3)4)16-19-6-5-7-20(12-19)21-13-18(14-26)8-9-22(21)25/h5-9,12-13,17H,10-11,14-16,26H2,1-4H3/p+1/t17-/m0/s1. The lowest BCUT2D eigenvalue weighted by molar-refractivity contribution is -0.386. The van der Waals surface area contributed by atoms with Gasteiger partial charge in [0, 0.05) is 43.3 Å². The van der Waals surface area contributed by atoms with Gasteiger partial charge in [-0.2, -0.15) is 0 Å². The lowest BCUT2D eigenvalue weighted by atomic mass is 10.00. The Hall–Kier alpha value is -2.44. The van der Waals surface area contributed by atoms with E-state index in [0.717, 1.165) is 36.3 Å². The molecule has 0 saturated carbocycles. The van der Waals surface area contributed by atoms with Crippen molar-refractivity contribution in [1.82, 2.24) is 9.80 Å². The maximum Gasteiger partial charge on any atom is 0.410 e. The summed E-state index contributed by atoms with van der Waals surface area (Å²) < 4.78 is 19.9. The van der Waals surface area contributed by atoms with E-state index in [1.807, 2.05) is 45.9 Å². The monoisotopic (exact) mass is 414 g/mol. The van der Waals surface area contributed by atoms with Gasteiger partial charge in [-0.05, 0) is 57.0 Å². The molecule has 2 aromatic carbocycles. The van der Waals surface area contributed by atoms with E-state index in [4.69, 9.17) is 4.74 Å². The highest BCUT2D eigenvalue weighted by Gasteiger charge is 2.30. The second kappa shape index (κ2) is 9.14. The second-order valence-corrected chi connectivity index (χ2v) is 9.02. The molecule has 0 bridgehead atoms. The van der Waals surface area contributed by atoms with Crippen molar-refractivity contribution in [3.8, 4) is 11.1 Å². The van der Waals surface area contributed by atoms with Gasteiger partial charge in [0.2, 0.25) is 0 Å². The Bertz CT molecular complexity index is 894. The molecule has 0 spiro atoms. The van der Waals surface area contributed by atoms with Crippen molar-refractivity contribution in [2.24, 2.45) is 0 Å². The molecule has 1 aliphatic heterocycles. The first-order valence-corrected chi connectivity index (χ1v) is 10.6. The first-order valence-electron chi connectivity index (χ1n) is 10.6. The molecule has 1 heterocycles. The summed E-state index contributed by atoms with van der Waals surface area (Å²) in [6.45, 7) is 11.3. The predicted octanol–water partition coefficient (Wildman–Crippen LogP) is 3.68. The summed E-state index contributed by atoms with van der Waals surface area (Å²) in [6.07, 6.45) is -0.252. The van der Waals surface area contributed by atoms with E-state index in [1.165, 1.54) is 6.07 Å². The van der Waals surface area contributed by atoms with Crippen LogP contribution in [-0.2, 0) is 17.8 Å². The van der Waals surface area contributed by atoms with Crippen molar-refractivity contribution in [2.75, 3.05) is 19.6 Å². The smallest absolute Gasteiger partial charge is 0.410 e. The minimum absolute atomic E-state index is 0.0722. The van der Waals surface area contributed by atoms with Crippen LogP contribution in [0.5, 0.6) is 0 Å². The number of nitrogens with zero attached hydrogens (tertiary/aromatic N) is 2. The number of piperazine rings is 1. The quantitative estimate of drug-likeness (QED) is 0.830. The lowest BCUT2D eigenvalue weighted by Crippen LogP contribution is -2.54. The van der Waals surface area contributed by atoms with E-state index in [-0.39, 0.29) is 18.0 Å². The molecule has 0 unspecified atom stereocenters. The van der Waals surface area contributed by atoms with Crippen LogP contribution >= 0.6 is 0 Å². The number of ether oxygens (including phenoxy) is 1. The highest BCUT2D eigenvalue weighted by molar-refractivity contribution is 5.68. The van der Waals surface area contributed by atoms with E-state index < -0.39 is 5.60 Å². The molecule has 1 saturated heterocycles. The number of benzene rings is 2. The van der Waals surface area contributed by atoms with Gasteiger partial charge in [0.05, 0.1) is 6.54 Å². The Labute approximate surface area is 178 Å². The summed E-state index contributed by atoms with van der Waals surface area (Å²) in [5.74, 6) is -0.219. The molecule has 1 atom stereocenters. The van der Waals surface area contributed by atoms with Crippen LogP contribution in [0, 0.1) is 5.82 Å². The van der Waals surface area contributed by atoms with Gasteiger partial charge in [-0.3, -0.25) is 4.90 Å². The minimum atomic E-state index is -0.491. The van der Waals surface area contributed by atoms with Crippen molar-refractivity contribution in [3.63, 3.8) is 0 Å². The number of carbonyl (C=O) groups is 1. The Morgan fingerprint density at radius 2 is 1.93 bits per heavy atom. The number of amides is 1. The molecule has 3 N–H and O–H groups in total. The Morgan fingerprint density at radius 3 is 2.60 bits per heavy atom. The van der Waals surface area contributed by atoms with Gasteiger partial charge in [0.1, 0.15) is 11.4 Å². The molecule has 2 aromatic rings. The maximum absolute atomic E-state index is 14.4. The average Bonchev–Trinajstić information content (AvgIpc) is 2.67. The maximum atomic E-state index is 14.4. The van der Waals surface area contributed by atoms with E-state index in [1.54, 1.807) is 11.0 Å². The molecule has 0 aromatic heterocycles. The van der Waals surface area contributed by atoms with Crippen LogP contribution < -0.4 is 5.73 Å². The second-order valence-electron chi connectivity index (χ2n) is 9.02. The van der Waals surface area contributed by atoms with E-state index >= 15 is 0 Å².